The van der Waals surface area contributed by atoms with E-state index in [0.29, 0.717) is 0 Å². The van der Waals surface area contributed by atoms with E-state index in [-0.39, 0.29) is 5.82 Å². The van der Waals surface area contributed by atoms with Gasteiger partial charge in [-0.3, -0.25) is 4.90 Å². The maximum absolute atomic E-state index is 13.0. The second-order valence-electron chi connectivity index (χ2n) is 7.36. The van der Waals surface area contributed by atoms with E-state index in [0.717, 1.165) is 43.4 Å². The molecule has 1 aromatic carbocycles. The lowest BCUT2D eigenvalue weighted by Gasteiger charge is -2.33. The summed E-state index contributed by atoms with van der Waals surface area (Å²) in [5.74, 6) is 1.82. The Morgan fingerprint density at radius 2 is 1.83 bits per heavy atom. The molecule has 1 aliphatic heterocycles. The number of benzene rings is 1. The fraction of sp³-hybridized carbons (Fsp3) is 0.550. The van der Waals surface area contributed by atoms with Crippen LogP contribution in [0.1, 0.15) is 49.2 Å². The van der Waals surface area contributed by atoms with Gasteiger partial charge in [-0.2, -0.15) is 0 Å². The monoisotopic (exact) mass is 327 g/mol. The first-order chi connectivity index (χ1) is 11.8. The minimum atomic E-state index is -0.178. The van der Waals surface area contributed by atoms with Gasteiger partial charge < -0.3 is 4.57 Å². The lowest BCUT2D eigenvalue weighted by Crippen LogP contribution is -2.37. The lowest BCUT2D eigenvalue weighted by atomic mass is 9.89. The molecule has 4 heteroatoms. The van der Waals surface area contributed by atoms with E-state index in [4.69, 9.17) is 0 Å². The Morgan fingerprint density at radius 3 is 2.62 bits per heavy atom. The van der Waals surface area contributed by atoms with Crippen molar-refractivity contribution in [2.75, 3.05) is 13.1 Å². The van der Waals surface area contributed by atoms with Crippen molar-refractivity contribution >= 4 is 0 Å². The van der Waals surface area contributed by atoms with Crippen molar-refractivity contribution in [2.45, 2.75) is 51.6 Å². The standard InChI is InChI=1S/C20H26FN3/c21-18-8-6-16(7-9-18)12-20-22-13-19-15-23(10-11-24(19)20)14-17-4-2-1-3-5-17/h6-9,13,17H,1-5,10-12,14-15H2. The summed E-state index contributed by atoms with van der Waals surface area (Å²) in [5, 5.41) is 0. The average Bonchev–Trinajstić information content (AvgIpc) is 3.00. The van der Waals surface area contributed by atoms with E-state index in [2.05, 4.69) is 14.5 Å². The van der Waals surface area contributed by atoms with E-state index in [1.54, 1.807) is 0 Å². The molecule has 2 aliphatic rings. The first kappa shape index (κ1) is 15.8. The second kappa shape index (κ2) is 7.06. The molecule has 0 radical (unpaired) electrons. The molecule has 0 spiro atoms. The van der Waals surface area contributed by atoms with E-state index >= 15 is 0 Å². The summed E-state index contributed by atoms with van der Waals surface area (Å²) in [6.45, 7) is 4.42. The summed E-state index contributed by atoms with van der Waals surface area (Å²) in [6, 6.07) is 6.77. The average molecular weight is 327 g/mol. The van der Waals surface area contributed by atoms with Crippen LogP contribution in [0.3, 0.4) is 0 Å². The highest BCUT2D eigenvalue weighted by atomic mass is 19.1. The second-order valence-corrected chi connectivity index (χ2v) is 7.36. The highest BCUT2D eigenvalue weighted by molar-refractivity contribution is 5.21. The zero-order valence-electron chi connectivity index (χ0n) is 14.3. The lowest BCUT2D eigenvalue weighted by molar-refractivity contribution is 0.166. The summed E-state index contributed by atoms with van der Waals surface area (Å²) in [6.07, 6.45) is 9.89. The van der Waals surface area contributed by atoms with Gasteiger partial charge in [0.2, 0.25) is 0 Å². The molecule has 0 N–H and O–H groups in total. The molecule has 0 atom stereocenters. The van der Waals surface area contributed by atoms with Gasteiger partial charge in [0.05, 0.1) is 5.69 Å². The number of hydrogen-bond donors (Lipinski definition) is 0. The first-order valence-corrected chi connectivity index (χ1v) is 9.28. The Labute approximate surface area is 143 Å². The van der Waals surface area contributed by atoms with Crippen LogP contribution in [-0.2, 0) is 19.5 Å². The molecule has 4 rings (SSSR count). The maximum Gasteiger partial charge on any atom is 0.123 e. The first-order valence-electron chi connectivity index (χ1n) is 9.28. The Morgan fingerprint density at radius 1 is 1.04 bits per heavy atom. The minimum Gasteiger partial charge on any atom is -0.329 e. The fourth-order valence-corrected chi connectivity index (χ4v) is 4.22. The van der Waals surface area contributed by atoms with Gasteiger partial charge >= 0.3 is 0 Å². The van der Waals surface area contributed by atoms with Crippen molar-refractivity contribution < 1.29 is 4.39 Å². The predicted molar refractivity (Wildman–Crippen MR) is 93.3 cm³/mol. The topological polar surface area (TPSA) is 21.1 Å². The Bertz CT molecular complexity index is 671. The molecule has 0 unspecified atom stereocenters. The van der Waals surface area contributed by atoms with Crippen molar-refractivity contribution in [3.8, 4) is 0 Å². The number of imidazole rings is 1. The van der Waals surface area contributed by atoms with Crippen LogP contribution in [0.15, 0.2) is 30.5 Å². The van der Waals surface area contributed by atoms with Gasteiger partial charge in [-0.15, -0.1) is 0 Å². The van der Waals surface area contributed by atoms with Crippen molar-refractivity contribution in [3.63, 3.8) is 0 Å². The molecule has 1 saturated carbocycles. The van der Waals surface area contributed by atoms with Crippen molar-refractivity contribution in [3.05, 3.63) is 53.4 Å². The van der Waals surface area contributed by atoms with Crippen LogP contribution >= 0.6 is 0 Å². The summed E-state index contributed by atoms with van der Waals surface area (Å²) >= 11 is 0. The fourth-order valence-electron chi connectivity index (χ4n) is 4.22. The van der Waals surface area contributed by atoms with E-state index in [1.165, 1.54) is 56.5 Å². The van der Waals surface area contributed by atoms with Gasteiger partial charge in [-0.1, -0.05) is 31.4 Å². The van der Waals surface area contributed by atoms with Crippen LogP contribution in [-0.4, -0.2) is 27.5 Å². The maximum atomic E-state index is 13.0. The molecule has 0 saturated heterocycles. The van der Waals surface area contributed by atoms with Crippen LogP contribution in [0.4, 0.5) is 4.39 Å². The molecule has 0 bridgehead atoms. The highest BCUT2D eigenvalue weighted by Gasteiger charge is 2.23. The zero-order valence-corrected chi connectivity index (χ0v) is 14.3. The predicted octanol–water partition coefficient (Wildman–Crippen LogP) is 4.01. The Hall–Kier alpha value is -1.68. The van der Waals surface area contributed by atoms with Gasteiger partial charge in [-0.25, -0.2) is 9.37 Å². The number of hydrogen-bond acceptors (Lipinski definition) is 2. The third-order valence-electron chi connectivity index (χ3n) is 5.56. The quantitative estimate of drug-likeness (QED) is 0.846. The largest absolute Gasteiger partial charge is 0.329 e. The number of halogens is 1. The van der Waals surface area contributed by atoms with Gasteiger partial charge in [0.25, 0.3) is 0 Å². The van der Waals surface area contributed by atoms with E-state index in [9.17, 15) is 4.39 Å². The SMILES string of the molecule is Fc1ccc(Cc2ncc3n2CCN(CC2CCCCC2)C3)cc1. The molecule has 3 nitrogen and oxygen atoms in total. The van der Waals surface area contributed by atoms with Gasteiger partial charge in [-0.05, 0) is 36.5 Å². The number of rotatable bonds is 4. The minimum absolute atomic E-state index is 0.178. The molecular formula is C20H26FN3. The molecule has 128 valence electrons. The van der Waals surface area contributed by atoms with Gasteiger partial charge in [0.1, 0.15) is 11.6 Å². The van der Waals surface area contributed by atoms with Crippen molar-refractivity contribution in [1.29, 1.82) is 0 Å². The summed E-state index contributed by atoms with van der Waals surface area (Å²) in [5.41, 5.74) is 2.45. The number of nitrogens with zero attached hydrogens (tertiary/aromatic N) is 3. The van der Waals surface area contributed by atoms with E-state index < -0.39 is 0 Å². The van der Waals surface area contributed by atoms with Gasteiger partial charge in [0, 0.05) is 38.8 Å². The van der Waals surface area contributed by atoms with Gasteiger partial charge in [0.15, 0.2) is 0 Å². The molecular weight excluding hydrogens is 301 g/mol. The van der Waals surface area contributed by atoms with Crippen LogP contribution in [0, 0.1) is 11.7 Å². The van der Waals surface area contributed by atoms with Crippen molar-refractivity contribution in [2.24, 2.45) is 5.92 Å². The Kier molecular flexibility index (Phi) is 4.65. The number of fused-ring (bicyclic) bond motifs is 1. The molecule has 0 amide bonds. The molecule has 2 heterocycles. The highest BCUT2D eigenvalue weighted by Crippen LogP contribution is 2.26. The smallest absolute Gasteiger partial charge is 0.123 e. The molecule has 24 heavy (non-hydrogen) atoms. The van der Waals surface area contributed by atoms with Crippen LogP contribution in [0.25, 0.3) is 0 Å². The third kappa shape index (κ3) is 3.54. The van der Waals surface area contributed by atoms with Crippen LogP contribution in [0.2, 0.25) is 0 Å². The summed E-state index contributed by atoms with van der Waals surface area (Å²) < 4.78 is 15.4. The van der Waals surface area contributed by atoms with Crippen LogP contribution < -0.4 is 0 Å². The zero-order chi connectivity index (χ0) is 16.4. The molecule has 2 aromatic rings. The molecule has 1 fully saturated rings. The number of aromatic nitrogens is 2. The molecule has 1 aromatic heterocycles. The third-order valence-corrected chi connectivity index (χ3v) is 5.56. The van der Waals surface area contributed by atoms with Crippen molar-refractivity contribution in [1.82, 2.24) is 14.5 Å². The summed E-state index contributed by atoms with van der Waals surface area (Å²) in [7, 11) is 0. The van der Waals surface area contributed by atoms with E-state index in [1.807, 2.05) is 18.3 Å². The van der Waals surface area contributed by atoms with Crippen LogP contribution in [0.5, 0.6) is 0 Å². The molecule has 1 aliphatic carbocycles. The Balaban J connectivity index is 1.40. The normalized spacial score (nSPS) is 19.4. The summed E-state index contributed by atoms with van der Waals surface area (Å²) in [4.78, 5) is 7.25.